The van der Waals surface area contributed by atoms with Crippen LogP contribution in [0.5, 0.6) is 0 Å². The van der Waals surface area contributed by atoms with Gasteiger partial charge in [-0.2, -0.15) is 0 Å². The molecule has 0 aliphatic carbocycles. The Kier molecular flexibility index (Phi) is 2.60. The van der Waals surface area contributed by atoms with Crippen molar-refractivity contribution in [2.75, 3.05) is 7.05 Å². The molecule has 2 rings (SSSR count). The van der Waals surface area contributed by atoms with E-state index in [2.05, 4.69) is 10.3 Å². The first kappa shape index (κ1) is 8.97. The van der Waals surface area contributed by atoms with Crippen LogP contribution >= 0.6 is 0 Å². The van der Waals surface area contributed by atoms with Crippen molar-refractivity contribution in [1.82, 2.24) is 10.3 Å². The van der Waals surface area contributed by atoms with Crippen LogP contribution in [0.25, 0.3) is 0 Å². The average molecular weight is 188 g/mol. The lowest BCUT2D eigenvalue weighted by Crippen LogP contribution is -2.16. The summed E-state index contributed by atoms with van der Waals surface area (Å²) in [6.45, 7) is 0. The molecule has 1 N–H and O–H groups in total. The van der Waals surface area contributed by atoms with Crippen LogP contribution in [0, 0.1) is 0 Å². The van der Waals surface area contributed by atoms with Crippen molar-refractivity contribution in [2.24, 2.45) is 0 Å². The van der Waals surface area contributed by atoms with Crippen LogP contribution in [0.4, 0.5) is 0 Å². The van der Waals surface area contributed by atoms with Gasteiger partial charge in [0.15, 0.2) is 0 Å². The van der Waals surface area contributed by atoms with E-state index in [0.29, 0.717) is 0 Å². The molecule has 0 spiro atoms. The molecule has 0 fully saturated rings. The quantitative estimate of drug-likeness (QED) is 0.800. The fourth-order valence-corrected chi connectivity index (χ4v) is 1.48. The van der Waals surface area contributed by atoms with Crippen LogP contribution in [0.2, 0.25) is 0 Å². The van der Waals surface area contributed by atoms with Crippen molar-refractivity contribution in [1.29, 1.82) is 0 Å². The van der Waals surface area contributed by atoms with Crippen molar-refractivity contribution in [3.8, 4) is 0 Å². The topological polar surface area (TPSA) is 38.1 Å². The van der Waals surface area contributed by atoms with Gasteiger partial charge in [-0.15, -0.1) is 0 Å². The standard InChI is InChI=1S/C11H12N2O/c1-12-11(10-5-3-7-14-10)9-4-2-6-13-8-9/h2-8,11-12H,1H3. The van der Waals surface area contributed by atoms with Gasteiger partial charge in [0.05, 0.1) is 12.3 Å². The van der Waals surface area contributed by atoms with Gasteiger partial charge >= 0.3 is 0 Å². The lowest BCUT2D eigenvalue weighted by molar-refractivity contribution is 0.463. The number of rotatable bonds is 3. The predicted molar refractivity (Wildman–Crippen MR) is 53.8 cm³/mol. The zero-order chi connectivity index (χ0) is 9.80. The first-order chi connectivity index (χ1) is 6.92. The number of nitrogens with one attached hydrogen (secondary N) is 1. The molecule has 1 unspecified atom stereocenters. The van der Waals surface area contributed by atoms with E-state index in [1.165, 1.54) is 0 Å². The van der Waals surface area contributed by atoms with E-state index >= 15 is 0 Å². The molecule has 3 nitrogen and oxygen atoms in total. The summed E-state index contributed by atoms with van der Waals surface area (Å²) in [6.07, 6.45) is 5.28. The number of hydrogen-bond donors (Lipinski definition) is 1. The van der Waals surface area contributed by atoms with Gasteiger partial charge in [-0.25, -0.2) is 0 Å². The Hall–Kier alpha value is -1.61. The maximum atomic E-state index is 5.35. The maximum absolute atomic E-state index is 5.35. The molecule has 0 saturated heterocycles. The third-order valence-electron chi connectivity index (χ3n) is 2.13. The van der Waals surface area contributed by atoms with Gasteiger partial charge in [0.2, 0.25) is 0 Å². The summed E-state index contributed by atoms with van der Waals surface area (Å²) in [5.41, 5.74) is 1.10. The highest BCUT2D eigenvalue weighted by Crippen LogP contribution is 2.20. The van der Waals surface area contributed by atoms with E-state index < -0.39 is 0 Å². The van der Waals surface area contributed by atoms with Crippen molar-refractivity contribution in [3.63, 3.8) is 0 Å². The molecule has 2 aromatic rings. The summed E-state index contributed by atoms with van der Waals surface area (Å²) in [4.78, 5) is 4.08. The Balaban J connectivity index is 2.31. The van der Waals surface area contributed by atoms with Crippen LogP contribution in [-0.2, 0) is 0 Å². The minimum absolute atomic E-state index is 0.0821. The minimum Gasteiger partial charge on any atom is -0.467 e. The van der Waals surface area contributed by atoms with Gasteiger partial charge in [-0.1, -0.05) is 6.07 Å². The van der Waals surface area contributed by atoms with Crippen LogP contribution in [0.15, 0.2) is 47.3 Å². The number of nitrogens with zero attached hydrogens (tertiary/aromatic N) is 1. The maximum Gasteiger partial charge on any atom is 0.125 e. The van der Waals surface area contributed by atoms with E-state index in [0.717, 1.165) is 11.3 Å². The first-order valence-corrected chi connectivity index (χ1v) is 4.52. The molecule has 0 amide bonds. The van der Waals surface area contributed by atoms with E-state index in [4.69, 9.17) is 4.42 Å². The van der Waals surface area contributed by atoms with Gasteiger partial charge in [-0.3, -0.25) is 4.98 Å². The number of hydrogen-bond acceptors (Lipinski definition) is 3. The normalized spacial score (nSPS) is 12.6. The number of aromatic nitrogens is 1. The second-order valence-corrected chi connectivity index (χ2v) is 3.02. The zero-order valence-electron chi connectivity index (χ0n) is 7.97. The van der Waals surface area contributed by atoms with Gasteiger partial charge in [-0.05, 0) is 30.8 Å². The fraction of sp³-hybridized carbons (Fsp3) is 0.182. The SMILES string of the molecule is CNC(c1cccnc1)c1ccco1. The van der Waals surface area contributed by atoms with Crippen LogP contribution < -0.4 is 5.32 Å². The van der Waals surface area contributed by atoms with Crippen LogP contribution in [0.1, 0.15) is 17.4 Å². The summed E-state index contributed by atoms with van der Waals surface area (Å²) in [5, 5.41) is 3.19. The third-order valence-corrected chi connectivity index (χ3v) is 2.13. The zero-order valence-corrected chi connectivity index (χ0v) is 7.97. The Morgan fingerprint density at radius 1 is 1.36 bits per heavy atom. The summed E-state index contributed by atoms with van der Waals surface area (Å²) >= 11 is 0. The summed E-state index contributed by atoms with van der Waals surface area (Å²) < 4.78 is 5.35. The van der Waals surface area contributed by atoms with E-state index in [9.17, 15) is 0 Å². The smallest absolute Gasteiger partial charge is 0.125 e. The first-order valence-electron chi connectivity index (χ1n) is 4.52. The highest BCUT2D eigenvalue weighted by Gasteiger charge is 2.13. The Morgan fingerprint density at radius 3 is 2.86 bits per heavy atom. The van der Waals surface area contributed by atoms with Crippen molar-refractivity contribution in [2.45, 2.75) is 6.04 Å². The van der Waals surface area contributed by atoms with Gasteiger partial charge in [0, 0.05) is 12.4 Å². The second-order valence-electron chi connectivity index (χ2n) is 3.02. The second kappa shape index (κ2) is 4.07. The largest absolute Gasteiger partial charge is 0.467 e. The number of pyridine rings is 1. The number of furan rings is 1. The van der Waals surface area contributed by atoms with Gasteiger partial charge in [0.1, 0.15) is 5.76 Å². The molecule has 1 atom stereocenters. The van der Waals surface area contributed by atoms with Crippen molar-refractivity contribution < 1.29 is 4.42 Å². The molecule has 0 bridgehead atoms. The molecule has 0 saturated carbocycles. The van der Waals surface area contributed by atoms with Crippen LogP contribution in [0.3, 0.4) is 0 Å². The van der Waals surface area contributed by atoms with Gasteiger partial charge in [0.25, 0.3) is 0 Å². The Labute approximate surface area is 82.8 Å². The van der Waals surface area contributed by atoms with Gasteiger partial charge < -0.3 is 9.73 Å². The molecule has 14 heavy (non-hydrogen) atoms. The monoisotopic (exact) mass is 188 g/mol. The summed E-state index contributed by atoms with van der Waals surface area (Å²) in [6, 6.07) is 7.86. The average Bonchev–Trinajstić information content (AvgIpc) is 2.74. The van der Waals surface area contributed by atoms with Crippen molar-refractivity contribution >= 4 is 0 Å². The molecule has 2 aromatic heterocycles. The molecule has 2 heterocycles. The molecule has 0 aromatic carbocycles. The fourth-order valence-electron chi connectivity index (χ4n) is 1.48. The molecule has 0 aliphatic heterocycles. The van der Waals surface area contributed by atoms with E-state index in [1.54, 1.807) is 12.5 Å². The lowest BCUT2D eigenvalue weighted by Gasteiger charge is -2.12. The minimum atomic E-state index is 0.0821. The summed E-state index contributed by atoms with van der Waals surface area (Å²) in [7, 11) is 1.90. The van der Waals surface area contributed by atoms with E-state index in [-0.39, 0.29) is 6.04 Å². The molecular formula is C11H12N2O. The third kappa shape index (κ3) is 1.67. The Bertz CT molecular complexity index is 369. The lowest BCUT2D eigenvalue weighted by atomic mass is 10.1. The molecular weight excluding hydrogens is 176 g/mol. The highest BCUT2D eigenvalue weighted by molar-refractivity contribution is 5.23. The highest BCUT2D eigenvalue weighted by atomic mass is 16.3. The Morgan fingerprint density at radius 2 is 2.29 bits per heavy atom. The molecule has 0 aliphatic rings. The molecule has 0 radical (unpaired) electrons. The molecule has 72 valence electrons. The van der Waals surface area contributed by atoms with Crippen LogP contribution in [-0.4, -0.2) is 12.0 Å². The van der Waals surface area contributed by atoms with E-state index in [1.807, 2.05) is 37.5 Å². The summed E-state index contributed by atoms with van der Waals surface area (Å²) in [5.74, 6) is 0.903. The van der Waals surface area contributed by atoms with Crippen molar-refractivity contribution in [3.05, 3.63) is 54.2 Å². The molecule has 3 heteroatoms. The predicted octanol–water partition coefficient (Wildman–Crippen LogP) is 1.98.